The van der Waals surface area contributed by atoms with Gasteiger partial charge in [0.1, 0.15) is 5.76 Å². The summed E-state index contributed by atoms with van der Waals surface area (Å²) < 4.78 is 0.891. The van der Waals surface area contributed by atoms with Crippen molar-refractivity contribution in [1.29, 1.82) is 0 Å². The number of pyridine rings is 1. The normalized spacial score (nSPS) is 18.1. The van der Waals surface area contributed by atoms with E-state index in [-0.39, 0.29) is 11.3 Å². The fourth-order valence-electron chi connectivity index (χ4n) is 3.61. The number of aromatic nitrogens is 2. The summed E-state index contributed by atoms with van der Waals surface area (Å²) in [6.07, 6.45) is 3.18. The quantitative estimate of drug-likeness (QED) is 0.272. The third kappa shape index (κ3) is 3.28. The first kappa shape index (κ1) is 19.4. The fourth-order valence-corrected chi connectivity index (χ4v) is 4.73. The maximum absolute atomic E-state index is 13.1. The van der Waals surface area contributed by atoms with Gasteiger partial charge in [0.05, 0.1) is 21.8 Å². The van der Waals surface area contributed by atoms with Crippen LogP contribution < -0.4 is 4.90 Å². The Kier molecular flexibility index (Phi) is 4.77. The van der Waals surface area contributed by atoms with Gasteiger partial charge in [-0.05, 0) is 48.0 Å². The molecule has 5 rings (SSSR count). The molecule has 152 valence electrons. The average Bonchev–Trinajstić information content (AvgIpc) is 3.33. The minimum Gasteiger partial charge on any atom is -0.507 e. The second kappa shape index (κ2) is 7.61. The average molecular weight is 448 g/mol. The molecule has 1 unspecified atom stereocenters. The van der Waals surface area contributed by atoms with E-state index in [1.54, 1.807) is 48.8 Å². The van der Waals surface area contributed by atoms with E-state index in [9.17, 15) is 14.7 Å². The first-order valence-electron chi connectivity index (χ1n) is 9.37. The minimum absolute atomic E-state index is 0.0143. The van der Waals surface area contributed by atoms with Crippen LogP contribution in [0.1, 0.15) is 17.2 Å². The molecule has 6 nitrogen and oxygen atoms in total. The second-order valence-electron chi connectivity index (χ2n) is 6.93. The molecular formula is C23H14ClN3O3S. The first-order chi connectivity index (χ1) is 15.0. The van der Waals surface area contributed by atoms with Crippen LogP contribution in [-0.4, -0.2) is 26.8 Å². The highest BCUT2D eigenvalue weighted by Gasteiger charge is 2.48. The molecule has 0 saturated carbocycles. The predicted molar refractivity (Wildman–Crippen MR) is 120 cm³/mol. The van der Waals surface area contributed by atoms with Crippen molar-refractivity contribution in [2.45, 2.75) is 6.04 Å². The number of hydrogen-bond acceptors (Lipinski definition) is 6. The van der Waals surface area contributed by atoms with Crippen molar-refractivity contribution in [1.82, 2.24) is 9.97 Å². The van der Waals surface area contributed by atoms with Gasteiger partial charge in [0.2, 0.25) is 0 Å². The van der Waals surface area contributed by atoms with Crippen molar-refractivity contribution >= 4 is 55.7 Å². The zero-order chi connectivity index (χ0) is 21.5. The minimum atomic E-state index is -0.857. The molecule has 1 aliphatic rings. The van der Waals surface area contributed by atoms with E-state index in [0.29, 0.717) is 21.3 Å². The number of anilines is 1. The van der Waals surface area contributed by atoms with Crippen LogP contribution in [0.25, 0.3) is 16.0 Å². The van der Waals surface area contributed by atoms with Gasteiger partial charge in [0.25, 0.3) is 5.78 Å². The van der Waals surface area contributed by atoms with Gasteiger partial charge in [-0.1, -0.05) is 41.1 Å². The maximum Gasteiger partial charge on any atom is 0.301 e. The fraction of sp³-hybridized carbons (Fsp3) is 0.0435. The Morgan fingerprint density at radius 3 is 2.52 bits per heavy atom. The van der Waals surface area contributed by atoms with Crippen molar-refractivity contribution in [3.05, 3.63) is 94.8 Å². The lowest BCUT2D eigenvalue weighted by molar-refractivity contribution is -0.132. The monoisotopic (exact) mass is 447 g/mol. The number of nitrogens with zero attached hydrogens (tertiary/aromatic N) is 3. The molecule has 8 heteroatoms. The molecule has 0 radical (unpaired) electrons. The SMILES string of the molecule is O=C1C(=O)N(c2nc3ccccc3s2)C(c2cccnc2)/C1=C(/O)c1ccc(Cl)cc1. The molecule has 1 aliphatic heterocycles. The Balaban J connectivity index is 1.73. The number of rotatable bonds is 3. The number of amides is 1. The molecule has 2 aromatic heterocycles. The number of carbonyl (C=O) groups excluding carboxylic acids is 2. The number of fused-ring (bicyclic) bond motifs is 1. The topological polar surface area (TPSA) is 83.4 Å². The summed E-state index contributed by atoms with van der Waals surface area (Å²) >= 11 is 7.26. The summed E-state index contributed by atoms with van der Waals surface area (Å²) in [5, 5.41) is 11.9. The molecule has 31 heavy (non-hydrogen) atoms. The lowest BCUT2D eigenvalue weighted by atomic mass is 9.96. The van der Waals surface area contributed by atoms with Gasteiger partial charge in [-0.15, -0.1) is 0 Å². The van der Waals surface area contributed by atoms with Gasteiger partial charge in [-0.25, -0.2) is 4.98 Å². The second-order valence-corrected chi connectivity index (χ2v) is 8.37. The number of Topliss-reactive ketones (excluding diaryl/α,β-unsaturated/α-hetero) is 1. The van der Waals surface area contributed by atoms with Crippen LogP contribution in [-0.2, 0) is 9.59 Å². The van der Waals surface area contributed by atoms with Gasteiger partial charge >= 0.3 is 5.91 Å². The Hall–Kier alpha value is -3.55. The van der Waals surface area contributed by atoms with Gasteiger partial charge in [0.15, 0.2) is 5.13 Å². The highest BCUT2D eigenvalue weighted by molar-refractivity contribution is 7.22. The third-order valence-electron chi connectivity index (χ3n) is 5.05. The van der Waals surface area contributed by atoms with Crippen LogP contribution in [0, 0.1) is 0 Å². The van der Waals surface area contributed by atoms with Crippen molar-refractivity contribution in [2.75, 3.05) is 4.90 Å². The van der Waals surface area contributed by atoms with Crippen LogP contribution in [0.5, 0.6) is 0 Å². The standard InChI is InChI=1S/C23H14ClN3O3S/c24-15-9-7-13(8-10-15)20(28)18-19(14-4-3-11-25-12-14)27(22(30)21(18)29)23-26-16-5-1-2-6-17(16)31-23/h1-12,19,28H/b20-18-. The number of ketones is 1. The van der Waals surface area contributed by atoms with Crippen molar-refractivity contribution in [2.24, 2.45) is 0 Å². The molecule has 1 N–H and O–H groups in total. The molecule has 0 spiro atoms. The number of aliphatic hydroxyl groups excluding tert-OH is 1. The smallest absolute Gasteiger partial charge is 0.301 e. The molecule has 1 saturated heterocycles. The van der Waals surface area contributed by atoms with Crippen LogP contribution in [0.2, 0.25) is 5.02 Å². The lowest BCUT2D eigenvalue weighted by Crippen LogP contribution is -2.29. The van der Waals surface area contributed by atoms with E-state index in [1.165, 1.54) is 16.2 Å². The number of thiazole rings is 1. The van der Waals surface area contributed by atoms with Gasteiger partial charge < -0.3 is 5.11 Å². The highest BCUT2D eigenvalue weighted by atomic mass is 35.5. The first-order valence-corrected chi connectivity index (χ1v) is 10.6. The van der Waals surface area contributed by atoms with E-state index >= 15 is 0 Å². The summed E-state index contributed by atoms with van der Waals surface area (Å²) in [6, 6.07) is 16.5. The van der Waals surface area contributed by atoms with E-state index in [4.69, 9.17) is 11.6 Å². The lowest BCUT2D eigenvalue weighted by Gasteiger charge is -2.22. The number of halogens is 1. The Morgan fingerprint density at radius 2 is 1.81 bits per heavy atom. The van der Waals surface area contributed by atoms with Crippen LogP contribution in [0.4, 0.5) is 5.13 Å². The van der Waals surface area contributed by atoms with Crippen molar-refractivity contribution in [3.63, 3.8) is 0 Å². The largest absolute Gasteiger partial charge is 0.507 e. The molecular weight excluding hydrogens is 434 g/mol. The molecule has 2 aromatic carbocycles. The van der Waals surface area contributed by atoms with Gasteiger partial charge in [-0.2, -0.15) is 0 Å². The molecule has 1 amide bonds. The Bertz CT molecular complexity index is 1320. The summed E-state index contributed by atoms with van der Waals surface area (Å²) in [6.45, 7) is 0. The van der Waals surface area contributed by atoms with Gasteiger partial charge in [0, 0.05) is 23.0 Å². The van der Waals surface area contributed by atoms with Crippen LogP contribution in [0.15, 0.2) is 78.6 Å². The molecule has 1 atom stereocenters. The summed E-state index contributed by atoms with van der Waals surface area (Å²) in [5.74, 6) is -1.79. The number of carbonyl (C=O) groups is 2. The summed E-state index contributed by atoms with van der Waals surface area (Å²) in [7, 11) is 0. The number of aliphatic hydroxyl groups is 1. The zero-order valence-electron chi connectivity index (χ0n) is 15.9. The van der Waals surface area contributed by atoms with E-state index in [0.717, 1.165) is 10.2 Å². The van der Waals surface area contributed by atoms with Crippen molar-refractivity contribution in [3.8, 4) is 0 Å². The molecule has 4 aromatic rings. The molecule has 1 fully saturated rings. The Morgan fingerprint density at radius 1 is 1.03 bits per heavy atom. The van der Waals surface area contributed by atoms with Crippen LogP contribution >= 0.6 is 22.9 Å². The summed E-state index contributed by atoms with van der Waals surface area (Å²) in [4.78, 5) is 36.3. The Labute approximate surface area is 186 Å². The molecule has 0 bridgehead atoms. The van der Waals surface area contributed by atoms with E-state index in [1.807, 2.05) is 24.3 Å². The number of benzene rings is 2. The van der Waals surface area contributed by atoms with Gasteiger partial charge in [-0.3, -0.25) is 19.5 Å². The van der Waals surface area contributed by atoms with E-state index < -0.39 is 17.7 Å². The summed E-state index contributed by atoms with van der Waals surface area (Å²) in [5.41, 5.74) is 1.70. The van der Waals surface area contributed by atoms with Crippen LogP contribution in [0.3, 0.4) is 0 Å². The zero-order valence-corrected chi connectivity index (χ0v) is 17.5. The molecule has 3 heterocycles. The molecule has 0 aliphatic carbocycles. The number of hydrogen-bond donors (Lipinski definition) is 1. The van der Waals surface area contributed by atoms with E-state index in [2.05, 4.69) is 9.97 Å². The number of para-hydroxylation sites is 1. The highest BCUT2D eigenvalue weighted by Crippen LogP contribution is 2.44. The maximum atomic E-state index is 13.1. The predicted octanol–water partition coefficient (Wildman–Crippen LogP) is 4.97. The van der Waals surface area contributed by atoms with Crippen molar-refractivity contribution < 1.29 is 14.7 Å². The third-order valence-corrected chi connectivity index (χ3v) is 6.34.